The maximum absolute atomic E-state index is 9.94. The summed E-state index contributed by atoms with van der Waals surface area (Å²) in [5.74, 6) is 2.22. The van der Waals surface area contributed by atoms with E-state index in [4.69, 9.17) is 4.74 Å². The van der Waals surface area contributed by atoms with Crippen LogP contribution < -0.4 is 5.32 Å². The smallest absolute Gasteiger partial charge is 0.194 e. The Labute approximate surface area is 129 Å². The molecule has 0 saturated carbocycles. The number of aliphatic imine (C=N–C) groups is 1. The predicted octanol–water partition coefficient (Wildman–Crippen LogP) is 1.72. The van der Waals surface area contributed by atoms with Crippen LogP contribution in [0.25, 0.3) is 0 Å². The van der Waals surface area contributed by atoms with Gasteiger partial charge in [-0.2, -0.15) is 0 Å². The van der Waals surface area contributed by atoms with Crippen LogP contribution in [0.5, 0.6) is 0 Å². The fourth-order valence-corrected chi connectivity index (χ4v) is 2.33. The topological polar surface area (TPSA) is 57.1 Å². The number of hydrogen-bond acceptors (Lipinski definition) is 3. The van der Waals surface area contributed by atoms with E-state index in [1.54, 1.807) is 0 Å². The van der Waals surface area contributed by atoms with Gasteiger partial charge in [0.2, 0.25) is 0 Å². The second-order valence-corrected chi connectivity index (χ2v) is 6.45. The fourth-order valence-electron chi connectivity index (χ4n) is 2.33. The van der Waals surface area contributed by atoms with Crippen LogP contribution >= 0.6 is 0 Å². The number of likely N-dealkylation sites (tertiary alicyclic amines) is 1. The van der Waals surface area contributed by atoms with Gasteiger partial charge in [0, 0.05) is 26.2 Å². The lowest BCUT2D eigenvalue weighted by atomic mass is 10.00. The van der Waals surface area contributed by atoms with Crippen molar-refractivity contribution in [3.05, 3.63) is 0 Å². The van der Waals surface area contributed by atoms with Crippen molar-refractivity contribution in [1.82, 2.24) is 10.2 Å². The molecular weight excluding hydrogens is 266 g/mol. The van der Waals surface area contributed by atoms with Crippen molar-refractivity contribution in [3.8, 4) is 0 Å². The average Bonchev–Trinajstić information content (AvgIpc) is 2.44. The third-order valence-corrected chi connectivity index (χ3v) is 3.63. The number of aliphatic hydroxyl groups excluding tert-OH is 1. The summed E-state index contributed by atoms with van der Waals surface area (Å²) < 4.78 is 5.46. The van der Waals surface area contributed by atoms with E-state index < -0.39 is 6.10 Å². The second-order valence-electron chi connectivity index (χ2n) is 6.45. The predicted molar refractivity (Wildman–Crippen MR) is 87.6 cm³/mol. The van der Waals surface area contributed by atoms with E-state index >= 15 is 0 Å². The average molecular weight is 299 g/mol. The Balaban J connectivity index is 2.40. The lowest BCUT2D eigenvalue weighted by molar-refractivity contribution is 0.0300. The van der Waals surface area contributed by atoms with Gasteiger partial charge in [-0.05, 0) is 31.6 Å². The number of piperidine rings is 1. The van der Waals surface area contributed by atoms with Crippen LogP contribution in [0, 0.1) is 11.8 Å². The van der Waals surface area contributed by atoms with Crippen molar-refractivity contribution in [2.45, 2.75) is 46.6 Å². The van der Waals surface area contributed by atoms with Gasteiger partial charge in [-0.3, -0.25) is 4.99 Å². The van der Waals surface area contributed by atoms with Crippen LogP contribution in [-0.2, 0) is 4.74 Å². The number of ether oxygens (including phenoxy) is 1. The highest BCUT2D eigenvalue weighted by molar-refractivity contribution is 5.80. The maximum atomic E-state index is 9.94. The molecule has 0 amide bonds. The molecule has 0 aromatic heterocycles. The van der Waals surface area contributed by atoms with Gasteiger partial charge in [-0.1, -0.05) is 20.8 Å². The van der Waals surface area contributed by atoms with Crippen molar-refractivity contribution in [3.63, 3.8) is 0 Å². The summed E-state index contributed by atoms with van der Waals surface area (Å²) in [6, 6.07) is 0. The van der Waals surface area contributed by atoms with Gasteiger partial charge >= 0.3 is 0 Å². The molecule has 5 nitrogen and oxygen atoms in total. The molecule has 1 aliphatic heterocycles. The molecule has 1 unspecified atom stereocenters. The molecule has 1 aliphatic rings. The van der Waals surface area contributed by atoms with E-state index in [2.05, 4.69) is 42.9 Å². The van der Waals surface area contributed by atoms with Crippen molar-refractivity contribution in [1.29, 1.82) is 0 Å². The van der Waals surface area contributed by atoms with Gasteiger partial charge in [0.1, 0.15) is 0 Å². The minimum absolute atomic E-state index is 0.359. The Kier molecular flexibility index (Phi) is 8.69. The first-order valence-corrected chi connectivity index (χ1v) is 8.32. The van der Waals surface area contributed by atoms with Crippen LogP contribution in [0.3, 0.4) is 0 Å². The summed E-state index contributed by atoms with van der Waals surface area (Å²) >= 11 is 0. The summed E-state index contributed by atoms with van der Waals surface area (Å²) in [4.78, 5) is 6.86. The normalized spacial score (nSPS) is 19.1. The highest BCUT2D eigenvalue weighted by Gasteiger charge is 2.18. The number of guanidine groups is 1. The molecule has 1 rings (SSSR count). The van der Waals surface area contributed by atoms with Crippen molar-refractivity contribution in [2.75, 3.05) is 39.4 Å². The van der Waals surface area contributed by atoms with Gasteiger partial charge in [0.05, 0.1) is 19.3 Å². The van der Waals surface area contributed by atoms with Gasteiger partial charge < -0.3 is 20.1 Å². The first-order valence-electron chi connectivity index (χ1n) is 8.32. The summed E-state index contributed by atoms with van der Waals surface area (Å²) in [6.45, 7) is 13.0. The standard InChI is InChI=1S/C16H33N3O2/c1-5-17-16(19-8-6-14(4)7-9-19)18-10-15(20)12-21-11-13(2)3/h13-15,20H,5-12H2,1-4H3,(H,17,18). The first-order chi connectivity index (χ1) is 10.0. The molecule has 0 aromatic rings. The number of nitrogens with one attached hydrogen (secondary N) is 1. The van der Waals surface area contributed by atoms with E-state index in [0.29, 0.717) is 25.7 Å². The molecule has 5 heteroatoms. The minimum Gasteiger partial charge on any atom is -0.389 e. The summed E-state index contributed by atoms with van der Waals surface area (Å²) in [6.07, 6.45) is 1.90. The highest BCUT2D eigenvalue weighted by atomic mass is 16.5. The van der Waals surface area contributed by atoms with Crippen molar-refractivity contribution >= 4 is 5.96 Å². The van der Waals surface area contributed by atoms with Crippen LogP contribution in [0.15, 0.2) is 4.99 Å². The Morgan fingerprint density at radius 3 is 2.57 bits per heavy atom. The summed E-state index contributed by atoms with van der Waals surface area (Å²) in [5, 5.41) is 13.3. The van der Waals surface area contributed by atoms with Crippen molar-refractivity contribution in [2.24, 2.45) is 16.8 Å². The molecule has 0 bridgehead atoms. The maximum Gasteiger partial charge on any atom is 0.194 e. The molecule has 0 aliphatic carbocycles. The van der Waals surface area contributed by atoms with Crippen LogP contribution in [0.1, 0.15) is 40.5 Å². The van der Waals surface area contributed by atoms with E-state index in [0.717, 1.165) is 31.5 Å². The zero-order chi connectivity index (χ0) is 15.7. The molecule has 0 spiro atoms. The van der Waals surface area contributed by atoms with Gasteiger partial charge in [0.15, 0.2) is 5.96 Å². The van der Waals surface area contributed by atoms with Gasteiger partial charge in [-0.25, -0.2) is 0 Å². The lowest BCUT2D eigenvalue weighted by Gasteiger charge is -2.33. The molecule has 21 heavy (non-hydrogen) atoms. The molecule has 124 valence electrons. The Morgan fingerprint density at radius 2 is 2.00 bits per heavy atom. The molecule has 0 radical (unpaired) electrons. The van der Waals surface area contributed by atoms with Gasteiger partial charge in [0.25, 0.3) is 0 Å². The number of hydrogen-bond donors (Lipinski definition) is 2. The minimum atomic E-state index is -0.527. The van der Waals surface area contributed by atoms with Crippen LogP contribution in [0.2, 0.25) is 0 Å². The quantitative estimate of drug-likeness (QED) is 0.555. The molecule has 1 heterocycles. The van der Waals surface area contributed by atoms with E-state index in [-0.39, 0.29) is 0 Å². The van der Waals surface area contributed by atoms with E-state index in [1.807, 2.05) is 0 Å². The molecule has 0 aromatic carbocycles. The summed E-state index contributed by atoms with van der Waals surface area (Å²) in [5.41, 5.74) is 0. The molecule has 1 fully saturated rings. The molecule has 2 N–H and O–H groups in total. The Hall–Kier alpha value is -0.810. The zero-order valence-electron chi connectivity index (χ0n) is 14.1. The molecule has 1 atom stereocenters. The summed E-state index contributed by atoms with van der Waals surface area (Å²) in [7, 11) is 0. The van der Waals surface area contributed by atoms with Crippen molar-refractivity contribution < 1.29 is 9.84 Å². The number of rotatable bonds is 7. The number of aliphatic hydroxyl groups is 1. The van der Waals surface area contributed by atoms with E-state index in [9.17, 15) is 5.11 Å². The molecule has 1 saturated heterocycles. The third-order valence-electron chi connectivity index (χ3n) is 3.63. The van der Waals surface area contributed by atoms with Crippen LogP contribution in [0.4, 0.5) is 0 Å². The first kappa shape index (κ1) is 18.2. The Bertz CT molecular complexity index is 300. The van der Waals surface area contributed by atoms with E-state index in [1.165, 1.54) is 12.8 Å². The lowest BCUT2D eigenvalue weighted by Crippen LogP contribution is -2.45. The van der Waals surface area contributed by atoms with Gasteiger partial charge in [-0.15, -0.1) is 0 Å². The molecular formula is C16H33N3O2. The fraction of sp³-hybridized carbons (Fsp3) is 0.938. The highest BCUT2D eigenvalue weighted by Crippen LogP contribution is 2.15. The largest absolute Gasteiger partial charge is 0.389 e. The monoisotopic (exact) mass is 299 g/mol. The second kappa shape index (κ2) is 10.0. The number of nitrogens with zero attached hydrogens (tertiary/aromatic N) is 2. The van der Waals surface area contributed by atoms with Crippen LogP contribution in [-0.4, -0.2) is 61.5 Å². The SMILES string of the molecule is CCNC(=NCC(O)COCC(C)C)N1CCC(C)CC1. The zero-order valence-corrected chi connectivity index (χ0v) is 14.1. The third kappa shape index (κ3) is 7.67. The Morgan fingerprint density at radius 1 is 1.33 bits per heavy atom.